The smallest absolute Gasteiger partial charge is 0.211 e. The minimum atomic E-state index is -0.121. The summed E-state index contributed by atoms with van der Waals surface area (Å²) in [6, 6.07) is -0.121. The summed E-state index contributed by atoms with van der Waals surface area (Å²) in [5.41, 5.74) is -0.0505. The van der Waals surface area contributed by atoms with Crippen LogP contribution in [0.3, 0.4) is 0 Å². The molecule has 2 fully saturated rings. The van der Waals surface area contributed by atoms with Crippen LogP contribution in [0, 0.1) is 23.2 Å². The van der Waals surface area contributed by atoms with Crippen molar-refractivity contribution in [2.24, 2.45) is 38.1 Å². The molecule has 0 amide bonds. The number of rotatable bonds is 7. The Hall–Kier alpha value is -1.86. The largest absolute Gasteiger partial charge is 0.235 e. The minimum Gasteiger partial charge on any atom is -0.211 e. The molecule has 0 aromatic heterocycles. The van der Waals surface area contributed by atoms with Crippen LogP contribution in [-0.2, 0) is 14.4 Å². The van der Waals surface area contributed by atoms with E-state index in [1.165, 1.54) is 0 Å². The van der Waals surface area contributed by atoms with Gasteiger partial charge in [0.25, 0.3) is 0 Å². The lowest BCUT2D eigenvalue weighted by Crippen LogP contribution is -2.39. The lowest BCUT2D eigenvalue weighted by Gasteiger charge is -2.41. The Labute approximate surface area is 123 Å². The maximum Gasteiger partial charge on any atom is 0.235 e. The zero-order valence-electron chi connectivity index (χ0n) is 12.1. The van der Waals surface area contributed by atoms with Gasteiger partial charge in [-0.1, -0.05) is 0 Å². The molecule has 3 atom stereocenters. The Morgan fingerprint density at radius 2 is 1.62 bits per heavy atom. The Morgan fingerprint density at radius 3 is 2.10 bits per heavy atom. The van der Waals surface area contributed by atoms with E-state index in [0.717, 1.165) is 25.7 Å². The van der Waals surface area contributed by atoms with Gasteiger partial charge in [0.1, 0.15) is 0 Å². The van der Waals surface area contributed by atoms with Gasteiger partial charge in [0.05, 0.1) is 19.1 Å². The molecule has 0 heterocycles. The van der Waals surface area contributed by atoms with E-state index in [1.54, 1.807) is 18.2 Å². The van der Waals surface area contributed by atoms with E-state index in [4.69, 9.17) is 0 Å². The molecule has 0 N–H and O–H groups in total. The van der Waals surface area contributed by atoms with Gasteiger partial charge in [-0.3, -0.25) is 0 Å². The molecule has 0 aliphatic heterocycles. The first-order valence-corrected chi connectivity index (χ1v) is 7.30. The Morgan fingerprint density at radius 1 is 1.05 bits per heavy atom. The van der Waals surface area contributed by atoms with Gasteiger partial charge in [0.15, 0.2) is 0 Å². The van der Waals surface area contributed by atoms with Crippen molar-refractivity contribution in [2.45, 2.75) is 38.6 Å². The van der Waals surface area contributed by atoms with E-state index < -0.39 is 0 Å². The molecule has 0 aromatic rings. The Bertz CT molecular complexity index is 498. The van der Waals surface area contributed by atoms with Crippen molar-refractivity contribution in [1.29, 1.82) is 0 Å². The van der Waals surface area contributed by atoms with Gasteiger partial charge >= 0.3 is 0 Å². The van der Waals surface area contributed by atoms with Crippen LogP contribution in [0.2, 0.25) is 0 Å². The molecule has 21 heavy (non-hydrogen) atoms. The fourth-order valence-corrected chi connectivity index (χ4v) is 4.65. The third kappa shape index (κ3) is 3.08. The number of fused-ring (bicyclic) bond motifs is 2. The van der Waals surface area contributed by atoms with E-state index >= 15 is 0 Å². The molecule has 112 valence electrons. The maximum atomic E-state index is 10.5. The van der Waals surface area contributed by atoms with Crippen molar-refractivity contribution in [3.05, 3.63) is 0 Å². The van der Waals surface area contributed by atoms with E-state index in [2.05, 4.69) is 15.0 Å². The summed E-state index contributed by atoms with van der Waals surface area (Å²) in [4.78, 5) is 42.6. The van der Waals surface area contributed by atoms with Gasteiger partial charge in [-0.05, 0) is 55.8 Å². The average Bonchev–Trinajstić information content (AvgIpc) is 2.96. The monoisotopic (exact) mass is 289 g/mol. The number of isocyanates is 3. The highest BCUT2D eigenvalue weighted by molar-refractivity contribution is 5.34. The highest BCUT2D eigenvalue weighted by atomic mass is 16.1. The van der Waals surface area contributed by atoms with Gasteiger partial charge < -0.3 is 0 Å². The highest BCUT2D eigenvalue weighted by Gasteiger charge is 2.57. The van der Waals surface area contributed by atoms with Crippen molar-refractivity contribution < 1.29 is 14.4 Å². The van der Waals surface area contributed by atoms with Crippen LogP contribution in [0.5, 0.6) is 0 Å². The second-order valence-electron chi connectivity index (χ2n) is 6.31. The lowest BCUT2D eigenvalue weighted by molar-refractivity contribution is 0.0941. The molecule has 2 bridgehead atoms. The van der Waals surface area contributed by atoms with Crippen molar-refractivity contribution in [2.75, 3.05) is 13.1 Å². The molecule has 2 saturated carbocycles. The molecular weight excluding hydrogens is 270 g/mol. The summed E-state index contributed by atoms with van der Waals surface area (Å²) in [6.07, 6.45) is 8.68. The Kier molecular flexibility index (Phi) is 4.98. The van der Waals surface area contributed by atoms with E-state index in [-0.39, 0.29) is 23.3 Å². The highest BCUT2D eigenvalue weighted by Crippen LogP contribution is 2.63. The first kappa shape index (κ1) is 15.5. The SMILES string of the molecule is CC(CC12CC(CC1CN=C=O)CC2CN=C=O)N=C=O. The summed E-state index contributed by atoms with van der Waals surface area (Å²) in [5, 5.41) is 0. The number of hydrogen-bond acceptors (Lipinski definition) is 6. The second kappa shape index (κ2) is 6.73. The molecule has 2 aliphatic rings. The van der Waals surface area contributed by atoms with E-state index in [9.17, 15) is 14.4 Å². The number of aliphatic imine (C=N–C) groups is 3. The minimum absolute atomic E-state index is 0.0505. The van der Waals surface area contributed by atoms with Crippen molar-refractivity contribution >= 4 is 18.2 Å². The normalized spacial score (nSPS) is 34.4. The van der Waals surface area contributed by atoms with Crippen molar-refractivity contribution in [3.63, 3.8) is 0 Å². The Balaban J connectivity index is 2.25. The van der Waals surface area contributed by atoms with E-state index in [1.807, 2.05) is 6.92 Å². The number of carbonyl (C=O) groups excluding carboxylic acids is 3. The zero-order chi connectivity index (χ0) is 15.3. The van der Waals surface area contributed by atoms with Crippen LogP contribution >= 0.6 is 0 Å². The van der Waals surface area contributed by atoms with Crippen molar-refractivity contribution in [3.8, 4) is 0 Å². The van der Waals surface area contributed by atoms with Crippen LogP contribution < -0.4 is 0 Å². The quantitative estimate of drug-likeness (QED) is 0.529. The number of hydrogen-bond donors (Lipinski definition) is 0. The predicted octanol–water partition coefficient (Wildman–Crippen LogP) is 1.80. The van der Waals surface area contributed by atoms with Gasteiger partial charge in [0, 0.05) is 0 Å². The van der Waals surface area contributed by atoms with Crippen LogP contribution in [0.1, 0.15) is 32.6 Å². The lowest BCUT2D eigenvalue weighted by atomic mass is 9.65. The van der Waals surface area contributed by atoms with E-state index in [0.29, 0.717) is 19.0 Å². The van der Waals surface area contributed by atoms with Crippen LogP contribution in [0.4, 0.5) is 0 Å². The van der Waals surface area contributed by atoms with Gasteiger partial charge in [0.2, 0.25) is 18.2 Å². The summed E-state index contributed by atoms with van der Waals surface area (Å²) in [7, 11) is 0. The van der Waals surface area contributed by atoms with Crippen LogP contribution in [-0.4, -0.2) is 37.4 Å². The average molecular weight is 289 g/mol. The summed E-state index contributed by atoms with van der Waals surface area (Å²) in [6.45, 7) is 2.81. The molecule has 3 unspecified atom stereocenters. The predicted molar refractivity (Wildman–Crippen MR) is 74.9 cm³/mol. The van der Waals surface area contributed by atoms with Crippen LogP contribution in [0.15, 0.2) is 15.0 Å². The molecule has 2 aliphatic carbocycles. The molecule has 6 heteroatoms. The molecular formula is C15H19N3O3. The summed E-state index contributed by atoms with van der Waals surface area (Å²) >= 11 is 0. The molecule has 2 rings (SSSR count). The molecule has 0 radical (unpaired) electrons. The van der Waals surface area contributed by atoms with Gasteiger partial charge in [-0.25, -0.2) is 29.4 Å². The van der Waals surface area contributed by atoms with Crippen LogP contribution in [0.25, 0.3) is 0 Å². The molecule has 0 spiro atoms. The first-order valence-electron chi connectivity index (χ1n) is 7.30. The fraction of sp³-hybridized carbons (Fsp3) is 0.800. The third-order valence-corrected chi connectivity index (χ3v) is 5.23. The standard InChI is InChI=1S/C15H19N3O3/c1-11(18-10-21)4-15-5-12(2-13(15)6-16-8-19)3-14(15)7-17-9-20/h11-14H,2-7H2,1H3. The summed E-state index contributed by atoms with van der Waals surface area (Å²) < 4.78 is 0. The zero-order valence-corrected chi connectivity index (χ0v) is 12.1. The first-order chi connectivity index (χ1) is 10.2. The molecule has 0 saturated heterocycles. The number of nitrogens with zero attached hydrogens (tertiary/aromatic N) is 3. The van der Waals surface area contributed by atoms with Gasteiger partial charge in [-0.15, -0.1) is 0 Å². The second-order valence-corrected chi connectivity index (χ2v) is 6.31. The van der Waals surface area contributed by atoms with Crippen molar-refractivity contribution in [1.82, 2.24) is 0 Å². The topological polar surface area (TPSA) is 88.3 Å². The summed E-state index contributed by atoms with van der Waals surface area (Å²) in [5.74, 6) is 1.12. The maximum absolute atomic E-state index is 10.5. The third-order valence-electron chi connectivity index (χ3n) is 5.23. The van der Waals surface area contributed by atoms with Gasteiger partial charge in [-0.2, -0.15) is 0 Å². The fourth-order valence-electron chi connectivity index (χ4n) is 4.65. The molecule has 0 aromatic carbocycles. The molecule has 6 nitrogen and oxygen atoms in total.